The van der Waals surface area contributed by atoms with E-state index in [0.29, 0.717) is 11.8 Å². The van der Waals surface area contributed by atoms with Gasteiger partial charge in [-0.1, -0.05) is 5.16 Å². The highest BCUT2D eigenvalue weighted by Crippen LogP contribution is 2.36. The van der Waals surface area contributed by atoms with Crippen LogP contribution in [0.2, 0.25) is 0 Å². The van der Waals surface area contributed by atoms with E-state index in [0.717, 1.165) is 23.9 Å². The number of nitro groups is 1. The molecule has 0 spiro atoms. The van der Waals surface area contributed by atoms with Crippen LogP contribution in [0.1, 0.15) is 11.3 Å². The first-order chi connectivity index (χ1) is 15.5. The summed E-state index contributed by atoms with van der Waals surface area (Å²) in [7, 11) is 0. The van der Waals surface area contributed by atoms with Gasteiger partial charge >= 0.3 is 6.18 Å². The molecule has 1 N–H and O–H groups in total. The van der Waals surface area contributed by atoms with Crippen molar-refractivity contribution in [1.29, 1.82) is 0 Å². The Labute approximate surface area is 190 Å². The topological polar surface area (TPSA) is 122 Å². The van der Waals surface area contributed by atoms with Gasteiger partial charge in [0.2, 0.25) is 11.8 Å². The molecule has 1 aliphatic heterocycles. The van der Waals surface area contributed by atoms with E-state index in [1.165, 1.54) is 0 Å². The third kappa shape index (κ3) is 6.37. The molecule has 0 saturated carbocycles. The monoisotopic (exact) mass is 487 g/mol. The number of rotatable bonds is 7. The zero-order valence-electron chi connectivity index (χ0n) is 17.4. The molecule has 33 heavy (non-hydrogen) atoms. The molecule has 3 rings (SSSR count). The number of hydrogen-bond donors (Lipinski definition) is 1. The number of anilines is 2. The Bertz CT molecular complexity index is 1040. The molecule has 2 heterocycles. The van der Waals surface area contributed by atoms with E-state index in [1.807, 2.05) is 0 Å². The van der Waals surface area contributed by atoms with E-state index >= 15 is 0 Å². The molecule has 178 valence electrons. The molecule has 14 heteroatoms. The standard InChI is InChI=1S/C19H20F3N5O5S/c1-12-8-16(24-32-12)23-17(28)10-33-11-18(29)26-6-4-25(5-7-26)14-3-2-13(19(20,21)22)9-15(14)27(30)31/h2-3,8-9H,4-7,10-11H2,1H3,(H,23,24,28). The van der Waals surface area contributed by atoms with Crippen molar-refractivity contribution in [3.63, 3.8) is 0 Å². The van der Waals surface area contributed by atoms with E-state index in [-0.39, 0.29) is 61.0 Å². The summed E-state index contributed by atoms with van der Waals surface area (Å²) in [6.07, 6.45) is -4.68. The maximum absolute atomic E-state index is 12.9. The van der Waals surface area contributed by atoms with Gasteiger partial charge in [-0.05, 0) is 19.1 Å². The minimum atomic E-state index is -4.68. The minimum absolute atomic E-state index is 0.0371. The summed E-state index contributed by atoms with van der Waals surface area (Å²) in [6, 6.07) is 3.98. The second kappa shape index (κ2) is 10.1. The lowest BCUT2D eigenvalue weighted by molar-refractivity contribution is -0.384. The van der Waals surface area contributed by atoms with E-state index in [2.05, 4.69) is 10.5 Å². The van der Waals surface area contributed by atoms with Crippen LogP contribution < -0.4 is 10.2 Å². The predicted octanol–water partition coefficient (Wildman–Crippen LogP) is 2.93. The van der Waals surface area contributed by atoms with E-state index in [9.17, 15) is 32.9 Å². The van der Waals surface area contributed by atoms with Gasteiger partial charge in [-0.3, -0.25) is 19.7 Å². The molecule has 10 nitrogen and oxygen atoms in total. The first-order valence-corrected chi connectivity index (χ1v) is 10.9. The van der Waals surface area contributed by atoms with Crippen molar-refractivity contribution >= 4 is 40.8 Å². The molecule has 1 saturated heterocycles. The van der Waals surface area contributed by atoms with Crippen molar-refractivity contribution < 1.29 is 32.2 Å². The smallest absolute Gasteiger partial charge is 0.362 e. The number of nitrogens with one attached hydrogen (secondary N) is 1. The molecule has 1 aromatic carbocycles. The van der Waals surface area contributed by atoms with E-state index in [1.54, 1.807) is 22.8 Å². The van der Waals surface area contributed by atoms with Gasteiger partial charge in [0.1, 0.15) is 11.4 Å². The second-order valence-electron chi connectivity index (χ2n) is 7.19. The number of nitrogens with zero attached hydrogens (tertiary/aromatic N) is 4. The number of hydrogen-bond acceptors (Lipinski definition) is 8. The maximum atomic E-state index is 12.9. The third-order valence-electron chi connectivity index (χ3n) is 4.83. The molecule has 2 aromatic rings. The van der Waals surface area contributed by atoms with Gasteiger partial charge < -0.3 is 19.6 Å². The average Bonchev–Trinajstić information content (AvgIpc) is 3.17. The number of carbonyl (C=O) groups is 2. The molecule has 1 fully saturated rings. The quantitative estimate of drug-likeness (QED) is 0.467. The number of nitro benzene ring substituents is 1. The number of aromatic nitrogens is 1. The lowest BCUT2D eigenvalue weighted by atomic mass is 10.1. The molecule has 0 unspecified atom stereocenters. The molecule has 1 aromatic heterocycles. The van der Waals surface area contributed by atoms with Crippen molar-refractivity contribution in [2.45, 2.75) is 13.1 Å². The van der Waals surface area contributed by atoms with Crippen molar-refractivity contribution in [3.8, 4) is 0 Å². The van der Waals surface area contributed by atoms with Crippen LogP contribution in [0.5, 0.6) is 0 Å². The highest BCUT2D eigenvalue weighted by Gasteiger charge is 2.34. The minimum Gasteiger partial charge on any atom is -0.362 e. The SMILES string of the molecule is Cc1cc(NC(=O)CSCC(=O)N2CCN(c3ccc(C(F)(F)F)cc3[N+](=O)[O-])CC2)no1. The largest absolute Gasteiger partial charge is 0.416 e. The van der Waals surface area contributed by atoms with Crippen molar-refractivity contribution in [2.24, 2.45) is 0 Å². The molecule has 0 bridgehead atoms. The van der Waals surface area contributed by atoms with Crippen LogP contribution in [0, 0.1) is 17.0 Å². The highest BCUT2D eigenvalue weighted by molar-refractivity contribution is 8.00. The van der Waals surface area contributed by atoms with Crippen molar-refractivity contribution in [3.05, 3.63) is 45.7 Å². The summed E-state index contributed by atoms with van der Waals surface area (Å²) >= 11 is 1.13. The van der Waals surface area contributed by atoms with Gasteiger partial charge in [-0.15, -0.1) is 11.8 Å². The third-order valence-corrected chi connectivity index (χ3v) is 5.74. The normalized spacial score (nSPS) is 14.3. The number of amides is 2. The molecule has 0 aliphatic carbocycles. The fourth-order valence-electron chi connectivity index (χ4n) is 3.24. The van der Waals surface area contributed by atoms with E-state index < -0.39 is 22.4 Å². The second-order valence-corrected chi connectivity index (χ2v) is 8.18. The van der Waals surface area contributed by atoms with E-state index in [4.69, 9.17) is 4.52 Å². The van der Waals surface area contributed by atoms with Crippen LogP contribution in [0.25, 0.3) is 0 Å². The number of alkyl halides is 3. The Morgan fingerprint density at radius 2 is 1.91 bits per heavy atom. The van der Waals surface area contributed by atoms with Crippen molar-refractivity contribution in [2.75, 3.05) is 47.9 Å². The molecule has 0 atom stereocenters. The Hall–Kier alpha value is -3.29. The summed E-state index contributed by atoms with van der Waals surface area (Å²) in [5.41, 5.74) is -1.64. The van der Waals surface area contributed by atoms with Crippen molar-refractivity contribution in [1.82, 2.24) is 10.1 Å². The Morgan fingerprint density at radius 1 is 1.21 bits per heavy atom. The summed E-state index contributed by atoms with van der Waals surface area (Å²) in [5.74, 6) is 0.403. The van der Waals surface area contributed by atoms with Crippen LogP contribution in [-0.4, -0.2) is 64.5 Å². The van der Waals surface area contributed by atoms with Crippen LogP contribution in [0.15, 0.2) is 28.8 Å². The molecular formula is C19H20F3N5O5S. The first kappa shape index (κ1) is 24.4. The number of piperazine rings is 1. The van der Waals surface area contributed by atoms with Crippen LogP contribution >= 0.6 is 11.8 Å². The molecular weight excluding hydrogens is 467 g/mol. The lowest BCUT2D eigenvalue weighted by Crippen LogP contribution is -2.49. The van der Waals surface area contributed by atoms with Crippen LogP contribution in [-0.2, 0) is 15.8 Å². The molecule has 1 aliphatic rings. The summed E-state index contributed by atoms with van der Waals surface area (Å²) < 4.78 is 43.5. The fraction of sp³-hybridized carbons (Fsp3) is 0.421. The van der Waals surface area contributed by atoms with Crippen LogP contribution in [0.4, 0.5) is 30.4 Å². The Kier molecular flexibility index (Phi) is 7.46. The average molecular weight is 487 g/mol. The Morgan fingerprint density at radius 3 is 2.48 bits per heavy atom. The van der Waals surface area contributed by atoms with Gasteiger partial charge in [0.05, 0.1) is 22.0 Å². The number of halogens is 3. The fourth-order valence-corrected chi connectivity index (χ4v) is 3.95. The first-order valence-electron chi connectivity index (χ1n) is 9.74. The lowest BCUT2D eigenvalue weighted by Gasteiger charge is -2.35. The van der Waals surface area contributed by atoms with Gasteiger partial charge in [0.15, 0.2) is 5.82 Å². The number of thioether (sulfide) groups is 1. The summed E-state index contributed by atoms with van der Waals surface area (Å²) in [6.45, 7) is 2.65. The zero-order chi connectivity index (χ0) is 24.2. The van der Waals surface area contributed by atoms with Gasteiger partial charge in [0.25, 0.3) is 5.69 Å². The number of aryl methyl sites for hydroxylation is 1. The Balaban J connectivity index is 1.49. The summed E-state index contributed by atoms with van der Waals surface area (Å²) in [5, 5.41) is 17.5. The van der Waals surface area contributed by atoms with Crippen LogP contribution in [0.3, 0.4) is 0 Å². The van der Waals surface area contributed by atoms with Gasteiger partial charge in [-0.2, -0.15) is 13.2 Å². The zero-order valence-corrected chi connectivity index (χ0v) is 18.2. The predicted molar refractivity (Wildman–Crippen MR) is 114 cm³/mol. The maximum Gasteiger partial charge on any atom is 0.416 e. The molecule has 0 radical (unpaired) electrons. The van der Waals surface area contributed by atoms with Gasteiger partial charge in [0, 0.05) is 38.3 Å². The van der Waals surface area contributed by atoms with Gasteiger partial charge in [-0.25, -0.2) is 0 Å². The number of carbonyl (C=O) groups excluding carboxylic acids is 2. The molecule has 2 amide bonds. The highest BCUT2D eigenvalue weighted by atomic mass is 32.2. The number of benzene rings is 1. The summed E-state index contributed by atoms with van der Waals surface area (Å²) in [4.78, 5) is 37.9.